The molecule has 0 bridgehead atoms. The van der Waals surface area contributed by atoms with Gasteiger partial charge in [-0.05, 0) is 62.3 Å². The van der Waals surface area contributed by atoms with Gasteiger partial charge in [0, 0.05) is 17.8 Å². The minimum Gasteiger partial charge on any atom is -0.351 e. The van der Waals surface area contributed by atoms with Gasteiger partial charge in [-0.3, -0.25) is 0 Å². The number of nitrogens with one attached hydrogen (secondary N) is 1. The molecule has 0 radical (unpaired) electrons. The highest BCUT2D eigenvalue weighted by atomic mass is 32.1. The standard InChI is InChI=1S/C28H25FN4OS/c1-17-7-11-21(12-8-17)25-24(27-31-26(32-34-27)22-6-4-5-18(2)15-22)19(3)33(28(35)30-25)16-20-9-13-23(29)14-10-20/h4-15,25H,16H2,1-3H3,(H,30,35). The zero-order valence-electron chi connectivity index (χ0n) is 19.7. The van der Waals surface area contributed by atoms with Crippen LogP contribution in [-0.4, -0.2) is 20.2 Å². The largest absolute Gasteiger partial charge is 0.351 e. The molecule has 0 amide bonds. The Balaban J connectivity index is 1.59. The second-order valence-corrected chi connectivity index (χ2v) is 9.18. The highest BCUT2D eigenvalue weighted by Crippen LogP contribution is 2.38. The average molecular weight is 485 g/mol. The SMILES string of the molecule is CC1=C(c2nc(-c3cccc(C)c3)no2)C(c2ccc(C)cc2)NC(=S)N1Cc1ccc(F)cc1. The number of allylic oxidation sites excluding steroid dienone is 1. The van der Waals surface area contributed by atoms with Gasteiger partial charge in [-0.25, -0.2) is 4.39 Å². The summed E-state index contributed by atoms with van der Waals surface area (Å²) in [5.74, 6) is 0.698. The first-order valence-electron chi connectivity index (χ1n) is 11.4. The van der Waals surface area contributed by atoms with E-state index in [1.54, 1.807) is 12.1 Å². The number of halogens is 1. The van der Waals surface area contributed by atoms with Crippen molar-refractivity contribution in [1.29, 1.82) is 0 Å². The van der Waals surface area contributed by atoms with Crippen LogP contribution in [0.25, 0.3) is 17.0 Å². The van der Waals surface area contributed by atoms with Gasteiger partial charge in [0.1, 0.15) is 5.82 Å². The van der Waals surface area contributed by atoms with Crippen LogP contribution < -0.4 is 5.32 Å². The Labute approximate surface area is 209 Å². The van der Waals surface area contributed by atoms with Crippen molar-refractivity contribution in [2.75, 3.05) is 0 Å². The molecule has 0 saturated carbocycles. The second-order valence-electron chi connectivity index (χ2n) is 8.80. The number of rotatable bonds is 5. The van der Waals surface area contributed by atoms with E-state index in [0.717, 1.165) is 33.5 Å². The van der Waals surface area contributed by atoms with E-state index in [9.17, 15) is 4.39 Å². The highest BCUT2D eigenvalue weighted by Gasteiger charge is 2.34. The summed E-state index contributed by atoms with van der Waals surface area (Å²) in [5, 5.41) is 8.33. The van der Waals surface area contributed by atoms with Crippen LogP contribution >= 0.6 is 12.2 Å². The summed E-state index contributed by atoms with van der Waals surface area (Å²) in [6.07, 6.45) is 0. The van der Waals surface area contributed by atoms with Gasteiger partial charge in [0.15, 0.2) is 5.11 Å². The summed E-state index contributed by atoms with van der Waals surface area (Å²) >= 11 is 5.77. The van der Waals surface area contributed by atoms with Crippen LogP contribution in [0.15, 0.2) is 83.0 Å². The number of thiocarbonyl (C=S) groups is 1. The van der Waals surface area contributed by atoms with Crippen LogP contribution in [0.3, 0.4) is 0 Å². The first-order chi connectivity index (χ1) is 16.9. The Bertz CT molecular complexity index is 1410. The molecular formula is C28H25FN4OS. The van der Waals surface area contributed by atoms with Crippen molar-refractivity contribution in [2.24, 2.45) is 0 Å². The highest BCUT2D eigenvalue weighted by molar-refractivity contribution is 7.80. The van der Waals surface area contributed by atoms with E-state index in [0.29, 0.717) is 23.4 Å². The van der Waals surface area contributed by atoms with Crippen LogP contribution in [0.4, 0.5) is 4.39 Å². The molecule has 1 N–H and O–H groups in total. The molecule has 1 aliphatic heterocycles. The van der Waals surface area contributed by atoms with Crippen LogP contribution in [0, 0.1) is 19.7 Å². The normalized spacial score (nSPS) is 15.9. The monoisotopic (exact) mass is 484 g/mol. The maximum atomic E-state index is 13.4. The zero-order chi connectivity index (χ0) is 24.5. The Morgan fingerprint density at radius 1 is 0.971 bits per heavy atom. The summed E-state index contributed by atoms with van der Waals surface area (Å²) in [5.41, 5.74) is 6.94. The second kappa shape index (κ2) is 9.43. The van der Waals surface area contributed by atoms with Crippen molar-refractivity contribution < 1.29 is 8.91 Å². The molecule has 176 valence electrons. The predicted octanol–water partition coefficient (Wildman–Crippen LogP) is 6.36. The molecule has 2 heterocycles. The number of hydrogen-bond donors (Lipinski definition) is 1. The lowest BCUT2D eigenvalue weighted by molar-refractivity contribution is 0.396. The summed E-state index contributed by atoms with van der Waals surface area (Å²) in [6.45, 7) is 6.58. The van der Waals surface area contributed by atoms with Gasteiger partial charge in [-0.15, -0.1) is 0 Å². The number of aromatic nitrogens is 2. The van der Waals surface area contributed by atoms with E-state index >= 15 is 0 Å². The third-order valence-corrected chi connectivity index (χ3v) is 6.53. The molecular weight excluding hydrogens is 459 g/mol. The van der Waals surface area contributed by atoms with Crippen molar-refractivity contribution in [1.82, 2.24) is 20.4 Å². The molecule has 4 aromatic rings. The topological polar surface area (TPSA) is 54.2 Å². The average Bonchev–Trinajstić information content (AvgIpc) is 3.33. The number of nitrogens with zero attached hydrogens (tertiary/aromatic N) is 3. The predicted molar refractivity (Wildman–Crippen MR) is 139 cm³/mol. The molecule has 3 aromatic carbocycles. The van der Waals surface area contributed by atoms with Crippen LogP contribution in [0.2, 0.25) is 0 Å². The van der Waals surface area contributed by atoms with Crippen LogP contribution in [0.1, 0.15) is 41.1 Å². The minimum absolute atomic E-state index is 0.252. The lowest BCUT2D eigenvalue weighted by Crippen LogP contribution is -2.45. The van der Waals surface area contributed by atoms with E-state index in [1.165, 1.54) is 17.7 Å². The smallest absolute Gasteiger partial charge is 0.258 e. The molecule has 7 heteroatoms. The molecule has 0 saturated heterocycles. The molecule has 0 aliphatic carbocycles. The molecule has 0 spiro atoms. The first-order valence-corrected chi connectivity index (χ1v) is 11.8. The summed E-state index contributed by atoms with van der Waals surface area (Å²) in [6, 6.07) is 22.5. The Hall–Kier alpha value is -3.84. The Kier molecular flexibility index (Phi) is 6.17. The third-order valence-electron chi connectivity index (χ3n) is 6.19. The van der Waals surface area contributed by atoms with Crippen molar-refractivity contribution in [3.05, 3.63) is 112 Å². The lowest BCUT2D eigenvalue weighted by Gasteiger charge is -2.37. The molecule has 5 rings (SSSR count). The van der Waals surface area contributed by atoms with E-state index in [1.807, 2.05) is 43.0 Å². The fourth-order valence-electron chi connectivity index (χ4n) is 4.26. The van der Waals surface area contributed by atoms with Crippen molar-refractivity contribution in [3.8, 4) is 11.4 Å². The van der Waals surface area contributed by atoms with Gasteiger partial charge < -0.3 is 14.7 Å². The van der Waals surface area contributed by atoms with E-state index in [-0.39, 0.29) is 11.9 Å². The Morgan fingerprint density at radius 3 is 2.43 bits per heavy atom. The number of hydrogen-bond acceptors (Lipinski definition) is 4. The van der Waals surface area contributed by atoms with E-state index in [4.69, 9.17) is 21.7 Å². The lowest BCUT2D eigenvalue weighted by atomic mass is 9.94. The van der Waals surface area contributed by atoms with Gasteiger partial charge in [-0.2, -0.15) is 4.98 Å². The number of aryl methyl sites for hydroxylation is 2. The van der Waals surface area contributed by atoms with E-state index in [2.05, 4.69) is 41.7 Å². The summed E-state index contributed by atoms with van der Waals surface area (Å²) < 4.78 is 19.3. The van der Waals surface area contributed by atoms with Crippen molar-refractivity contribution >= 4 is 22.9 Å². The molecule has 35 heavy (non-hydrogen) atoms. The van der Waals surface area contributed by atoms with Gasteiger partial charge in [0.05, 0.1) is 11.6 Å². The molecule has 1 unspecified atom stereocenters. The van der Waals surface area contributed by atoms with E-state index < -0.39 is 0 Å². The van der Waals surface area contributed by atoms with Crippen molar-refractivity contribution in [3.63, 3.8) is 0 Å². The maximum Gasteiger partial charge on any atom is 0.258 e. The molecule has 1 aliphatic rings. The fourth-order valence-corrected chi connectivity index (χ4v) is 4.58. The number of benzene rings is 3. The maximum absolute atomic E-state index is 13.4. The quantitative estimate of drug-likeness (QED) is 0.333. The minimum atomic E-state index is -0.268. The van der Waals surface area contributed by atoms with Gasteiger partial charge in [0.2, 0.25) is 5.82 Å². The molecule has 1 aromatic heterocycles. The molecule has 0 fully saturated rings. The molecule has 1 atom stereocenters. The van der Waals surface area contributed by atoms with Crippen LogP contribution in [0.5, 0.6) is 0 Å². The van der Waals surface area contributed by atoms with Gasteiger partial charge in [-0.1, -0.05) is 70.9 Å². The summed E-state index contributed by atoms with van der Waals surface area (Å²) in [4.78, 5) is 6.76. The Morgan fingerprint density at radius 2 is 1.71 bits per heavy atom. The van der Waals surface area contributed by atoms with Crippen molar-refractivity contribution in [2.45, 2.75) is 33.4 Å². The first kappa shape index (κ1) is 22.9. The van der Waals surface area contributed by atoms with Gasteiger partial charge in [0.25, 0.3) is 5.89 Å². The van der Waals surface area contributed by atoms with Gasteiger partial charge >= 0.3 is 0 Å². The fraction of sp³-hybridized carbons (Fsp3) is 0.179. The molecule has 5 nitrogen and oxygen atoms in total. The van der Waals surface area contributed by atoms with Crippen LogP contribution in [-0.2, 0) is 6.54 Å². The zero-order valence-corrected chi connectivity index (χ0v) is 20.6. The third kappa shape index (κ3) is 4.72. The summed E-state index contributed by atoms with van der Waals surface area (Å²) in [7, 11) is 0.